The van der Waals surface area contributed by atoms with Crippen molar-refractivity contribution < 1.29 is 0 Å². The first-order chi connectivity index (χ1) is 6.43. The van der Waals surface area contributed by atoms with Crippen molar-refractivity contribution in [2.75, 3.05) is 12.3 Å². The van der Waals surface area contributed by atoms with Gasteiger partial charge in [-0.1, -0.05) is 19.3 Å². The van der Waals surface area contributed by atoms with Gasteiger partial charge in [0.15, 0.2) is 0 Å². The Morgan fingerprint density at radius 3 is 2.31 bits per heavy atom. The zero-order chi connectivity index (χ0) is 8.67. The van der Waals surface area contributed by atoms with Crippen LogP contribution < -0.4 is 0 Å². The maximum atomic E-state index is 1.63. The molecule has 1 aliphatic heterocycles. The third kappa shape index (κ3) is 1.56. The molecular formula is C12H21P. The molecule has 1 heterocycles. The predicted octanol–water partition coefficient (Wildman–Crippen LogP) is 3.51. The topological polar surface area (TPSA) is 0 Å². The molecule has 3 rings (SSSR count). The van der Waals surface area contributed by atoms with Gasteiger partial charge in [0.2, 0.25) is 0 Å². The van der Waals surface area contributed by atoms with Crippen LogP contribution in [-0.2, 0) is 0 Å². The Balaban J connectivity index is 1.71. The van der Waals surface area contributed by atoms with Crippen LogP contribution in [0.1, 0.15) is 38.5 Å². The standard InChI is InChI=1S/C12H21P/c1-2-9-6-11-4-5-13-8-12(11)7-10(9)3-1/h9-13H,1-8H2. The molecule has 74 valence electrons. The summed E-state index contributed by atoms with van der Waals surface area (Å²) < 4.78 is 0. The Labute approximate surface area is 83.7 Å². The van der Waals surface area contributed by atoms with Crippen LogP contribution in [0.25, 0.3) is 0 Å². The summed E-state index contributed by atoms with van der Waals surface area (Å²) in [6, 6.07) is 0. The summed E-state index contributed by atoms with van der Waals surface area (Å²) >= 11 is 0. The highest BCUT2D eigenvalue weighted by molar-refractivity contribution is 7.38. The average molecular weight is 196 g/mol. The molecule has 1 heteroatoms. The Morgan fingerprint density at radius 2 is 1.46 bits per heavy atom. The fourth-order valence-electron chi connectivity index (χ4n) is 4.08. The van der Waals surface area contributed by atoms with Crippen LogP contribution in [0.4, 0.5) is 0 Å². The molecule has 0 amide bonds. The molecule has 0 aromatic rings. The van der Waals surface area contributed by atoms with Gasteiger partial charge >= 0.3 is 0 Å². The summed E-state index contributed by atoms with van der Waals surface area (Å²) in [7, 11) is 1.32. The average Bonchev–Trinajstić information content (AvgIpc) is 2.61. The first-order valence-electron chi connectivity index (χ1n) is 6.14. The normalized spacial score (nSPS) is 51.7. The maximum Gasteiger partial charge on any atom is -0.0322 e. The van der Waals surface area contributed by atoms with Gasteiger partial charge in [-0.05, 0) is 55.3 Å². The minimum Gasteiger partial charge on any atom is -0.122 e. The first-order valence-corrected chi connectivity index (χ1v) is 7.55. The molecule has 5 unspecified atom stereocenters. The van der Waals surface area contributed by atoms with Gasteiger partial charge < -0.3 is 0 Å². The van der Waals surface area contributed by atoms with Gasteiger partial charge in [-0.15, -0.1) is 8.58 Å². The minimum atomic E-state index is 1.17. The highest BCUT2D eigenvalue weighted by Crippen LogP contribution is 2.51. The van der Waals surface area contributed by atoms with E-state index in [-0.39, 0.29) is 0 Å². The summed E-state index contributed by atoms with van der Waals surface area (Å²) in [6.45, 7) is 0. The Morgan fingerprint density at radius 1 is 0.769 bits per heavy atom. The summed E-state index contributed by atoms with van der Waals surface area (Å²) in [5.41, 5.74) is 0. The number of rotatable bonds is 0. The lowest BCUT2D eigenvalue weighted by Gasteiger charge is -2.41. The molecular weight excluding hydrogens is 175 g/mol. The molecule has 13 heavy (non-hydrogen) atoms. The zero-order valence-electron chi connectivity index (χ0n) is 8.47. The lowest BCUT2D eigenvalue weighted by atomic mass is 9.69. The maximum absolute atomic E-state index is 1.63. The van der Waals surface area contributed by atoms with Crippen LogP contribution in [0.3, 0.4) is 0 Å². The van der Waals surface area contributed by atoms with E-state index < -0.39 is 0 Å². The van der Waals surface area contributed by atoms with Crippen LogP contribution in [-0.4, -0.2) is 12.3 Å². The van der Waals surface area contributed by atoms with Gasteiger partial charge in [-0.3, -0.25) is 0 Å². The van der Waals surface area contributed by atoms with Gasteiger partial charge in [0, 0.05) is 0 Å². The van der Waals surface area contributed by atoms with E-state index in [9.17, 15) is 0 Å². The predicted molar refractivity (Wildman–Crippen MR) is 59.7 cm³/mol. The van der Waals surface area contributed by atoms with Crippen molar-refractivity contribution in [1.29, 1.82) is 0 Å². The van der Waals surface area contributed by atoms with Crippen molar-refractivity contribution in [3.63, 3.8) is 0 Å². The zero-order valence-corrected chi connectivity index (χ0v) is 9.47. The van der Waals surface area contributed by atoms with E-state index in [1.165, 1.54) is 32.3 Å². The van der Waals surface area contributed by atoms with Crippen molar-refractivity contribution in [2.45, 2.75) is 38.5 Å². The third-order valence-corrected chi connectivity index (χ3v) is 6.25. The van der Waals surface area contributed by atoms with E-state index >= 15 is 0 Å². The largest absolute Gasteiger partial charge is 0.122 e. The van der Waals surface area contributed by atoms with Gasteiger partial charge in [0.25, 0.3) is 0 Å². The molecule has 0 bridgehead atoms. The molecule has 0 nitrogen and oxygen atoms in total. The smallest absolute Gasteiger partial charge is 0.0322 e. The fourth-order valence-corrected chi connectivity index (χ4v) is 5.73. The number of fused-ring (bicyclic) bond motifs is 2. The molecule has 2 aliphatic carbocycles. The second-order valence-electron chi connectivity index (χ2n) is 5.44. The molecule has 0 N–H and O–H groups in total. The van der Waals surface area contributed by atoms with Crippen LogP contribution in [0.5, 0.6) is 0 Å². The Hall–Kier alpha value is 0.430. The van der Waals surface area contributed by atoms with E-state index in [0.717, 1.165) is 0 Å². The second-order valence-corrected chi connectivity index (χ2v) is 6.84. The summed E-state index contributed by atoms with van der Waals surface area (Å²) in [5, 5.41) is 0. The van der Waals surface area contributed by atoms with Crippen molar-refractivity contribution in [1.82, 2.24) is 0 Å². The van der Waals surface area contributed by atoms with Gasteiger partial charge in [-0.2, -0.15) is 0 Å². The molecule has 5 atom stereocenters. The fraction of sp³-hybridized carbons (Fsp3) is 1.00. The van der Waals surface area contributed by atoms with Crippen LogP contribution in [0, 0.1) is 23.7 Å². The van der Waals surface area contributed by atoms with Crippen molar-refractivity contribution in [2.24, 2.45) is 23.7 Å². The van der Waals surface area contributed by atoms with Gasteiger partial charge in [-0.25, -0.2) is 0 Å². The van der Waals surface area contributed by atoms with Gasteiger partial charge in [0.1, 0.15) is 0 Å². The molecule has 0 spiro atoms. The quantitative estimate of drug-likeness (QED) is 0.520. The minimum absolute atomic E-state index is 1.17. The molecule has 3 aliphatic rings. The SMILES string of the molecule is C1CC2CC3CCPCC3CC2C1. The first kappa shape index (κ1) is 8.72. The summed E-state index contributed by atoms with van der Waals surface area (Å²) in [4.78, 5) is 0. The van der Waals surface area contributed by atoms with Crippen molar-refractivity contribution in [3.8, 4) is 0 Å². The molecule has 0 aromatic heterocycles. The van der Waals surface area contributed by atoms with E-state index in [1.54, 1.807) is 50.8 Å². The lowest BCUT2D eigenvalue weighted by molar-refractivity contribution is 0.140. The highest BCUT2D eigenvalue weighted by atomic mass is 31.1. The van der Waals surface area contributed by atoms with Crippen molar-refractivity contribution in [3.05, 3.63) is 0 Å². The van der Waals surface area contributed by atoms with E-state index in [2.05, 4.69) is 0 Å². The molecule has 1 saturated heterocycles. The lowest BCUT2D eigenvalue weighted by Crippen LogP contribution is -2.32. The van der Waals surface area contributed by atoms with Crippen LogP contribution in [0.2, 0.25) is 0 Å². The van der Waals surface area contributed by atoms with Gasteiger partial charge in [0.05, 0.1) is 0 Å². The van der Waals surface area contributed by atoms with E-state index in [0.29, 0.717) is 0 Å². The molecule has 2 saturated carbocycles. The van der Waals surface area contributed by atoms with Crippen LogP contribution >= 0.6 is 8.58 Å². The Bertz CT molecular complexity index is 170. The highest BCUT2D eigenvalue weighted by Gasteiger charge is 2.39. The Kier molecular flexibility index (Phi) is 2.37. The molecule has 0 radical (unpaired) electrons. The summed E-state index contributed by atoms with van der Waals surface area (Å²) in [5.74, 6) is 4.68. The van der Waals surface area contributed by atoms with Crippen molar-refractivity contribution >= 4 is 8.58 Å². The molecule has 3 fully saturated rings. The monoisotopic (exact) mass is 196 g/mol. The van der Waals surface area contributed by atoms with Crippen LogP contribution in [0.15, 0.2) is 0 Å². The number of hydrogen-bond donors (Lipinski definition) is 0. The second kappa shape index (κ2) is 3.54. The molecule has 0 aromatic carbocycles. The van der Waals surface area contributed by atoms with E-state index in [4.69, 9.17) is 0 Å². The summed E-state index contributed by atoms with van der Waals surface area (Å²) in [6.07, 6.45) is 12.7. The third-order valence-electron chi connectivity index (χ3n) is 4.79. The van der Waals surface area contributed by atoms with E-state index in [1.807, 2.05) is 0 Å². The number of hydrogen-bond acceptors (Lipinski definition) is 0.